The molecule has 0 heterocycles. The number of hydrogen-bond acceptors (Lipinski definition) is 3. The molecule has 1 fully saturated rings. The lowest BCUT2D eigenvalue weighted by Crippen LogP contribution is -2.49. The van der Waals surface area contributed by atoms with Crippen LogP contribution in [0.25, 0.3) is 0 Å². The molecule has 0 amide bonds. The fourth-order valence-electron chi connectivity index (χ4n) is 2.96. The summed E-state index contributed by atoms with van der Waals surface area (Å²) in [6.07, 6.45) is 10.2. The normalized spacial score (nSPS) is 19.3. The van der Waals surface area contributed by atoms with Crippen LogP contribution in [0.1, 0.15) is 71.6 Å². The van der Waals surface area contributed by atoms with Crippen LogP contribution in [-0.4, -0.2) is 36.4 Å². The van der Waals surface area contributed by atoms with Crippen molar-refractivity contribution in [3.05, 3.63) is 0 Å². The highest BCUT2D eigenvalue weighted by Crippen LogP contribution is 2.23. The van der Waals surface area contributed by atoms with Gasteiger partial charge in [0.1, 0.15) is 5.54 Å². The van der Waals surface area contributed by atoms with Gasteiger partial charge >= 0.3 is 5.97 Å². The molecule has 124 valence electrons. The number of hydrogen-bond donors (Lipinski definition) is 2. The van der Waals surface area contributed by atoms with E-state index in [4.69, 9.17) is 4.74 Å². The Bertz CT molecular complexity index is 290. The SMILES string of the molecule is CCCNC(C)(CCCCOCC1CCCCC1)C(=O)O. The van der Waals surface area contributed by atoms with Gasteiger partial charge in [-0.3, -0.25) is 4.79 Å². The first-order valence-electron chi connectivity index (χ1n) is 8.64. The lowest BCUT2D eigenvalue weighted by molar-refractivity contribution is -0.144. The third-order valence-electron chi connectivity index (χ3n) is 4.53. The minimum absolute atomic E-state index is 0.662. The Labute approximate surface area is 129 Å². The Morgan fingerprint density at radius 1 is 1.29 bits per heavy atom. The summed E-state index contributed by atoms with van der Waals surface area (Å²) in [7, 11) is 0. The molecule has 1 unspecified atom stereocenters. The van der Waals surface area contributed by atoms with E-state index in [-0.39, 0.29) is 0 Å². The number of ether oxygens (including phenoxy) is 1. The molecular weight excluding hydrogens is 266 g/mol. The molecule has 0 aliphatic heterocycles. The number of rotatable bonds is 11. The smallest absolute Gasteiger partial charge is 0.323 e. The number of unbranched alkanes of at least 4 members (excludes halogenated alkanes) is 1. The van der Waals surface area contributed by atoms with Crippen molar-refractivity contribution in [3.63, 3.8) is 0 Å². The van der Waals surface area contributed by atoms with Crippen molar-refractivity contribution >= 4 is 5.97 Å². The molecule has 4 nitrogen and oxygen atoms in total. The van der Waals surface area contributed by atoms with Crippen LogP contribution in [-0.2, 0) is 9.53 Å². The zero-order valence-electron chi connectivity index (χ0n) is 13.8. The Balaban J connectivity index is 2.09. The Morgan fingerprint density at radius 3 is 2.62 bits per heavy atom. The van der Waals surface area contributed by atoms with Crippen LogP contribution in [0.3, 0.4) is 0 Å². The molecule has 21 heavy (non-hydrogen) atoms. The molecule has 1 atom stereocenters. The lowest BCUT2D eigenvalue weighted by atomic mass is 9.90. The highest BCUT2D eigenvalue weighted by atomic mass is 16.5. The fraction of sp³-hybridized carbons (Fsp3) is 0.941. The van der Waals surface area contributed by atoms with Crippen LogP contribution in [0.15, 0.2) is 0 Å². The molecule has 0 saturated heterocycles. The van der Waals surface area contributed by atoms with Gasteiger partial charge in [0.25, 0.3) is 0 Å². The summed E-state index contributed by atoms with van der Waals surface area (Å²) >= 11 is 0. The van der Waals surface area contributed by atoms with Crippen LogP contribution in [0, 0.1) is 5.92 Å². The van der Waals surface area contributed by atoms with E-state index in [1.54, 1.807) is 6.92 Å². The van der Waals surface area contributed by atoms with Crippen molar-refractivity contribution in [3.8, 4) is 0 Å². The number of aliphatic carboxylic acids is 1. The van der Waals surface area contributed by atoms with E-state index in [0.29, 0.717) is 6.42 Å². The molecule has 0 aromatic carbocycles. The summed E-state index contributed by atoms with van der Waals surface area (Å²) in [6.45, 7) is 6.24. The zero-order valence-corrected chi connectivity index (χ0v) is 13.8. The summed E-state index contributed by atoms with van der Waals surface area (Å²) in [4.78, 5) is 11.4. The maximum absolute atomic E-state index is 11.4. The van der Waals surface area contributed by atoms with E-state index in [9.17, 15) is 9.90 Å². The molecule has 1 aliphatic rings. The van der Waals surface area contributed by atoms with Gasteiger partial charge < -0.3 is 15.2 Å². The van der Waals surface area contributed by atoms with Crippen LogP contribution < -0.4 is 5.32 Å². The molecule has 2 N–H and O–H groups in total. The van der Waals surface area contributed by atoms with Gasteiger partial charge in [0.2, 0.25) is 0 Å². The molecule has 0 radical (unpaired) electrons. The van der Waals surface area contributed by atoms with E-state index < -0.39 is 11.5 Å². The average Bonchev–Trinajstić information content (AvgIpc) is 2.49. The predicted molar refractivity (Wildman–Crippen MR) is 85.6 cm³/mol. The summed E-state index contributed by atoms with van der Waals surface area (Å²) in [5.41, 5.74) is -0.792. The molecule has 0 aromatic rings. The van der Waals surface area contributed by atoms with Crippen LogP contribution in [0.4, 0.5) is 0 Å². The predicted octanol–water partition coefficient (Wildman–Crippen LogP) is 3.60. The lowest BCUT2D eigenvalue weighted by Gasteiger charge is -2.26. The number of carboxylic acid groups (broad SMARTS) is 1. The average molecular weight is 299 g/mol. The minimum atomic E-state index is -0.792. The summed E-state index contributed by atoms with van der Waals surface area (Å²) in [5, 5.41) is 12.5. The maximum Gasteiger partial charge on any atom is 0.323 e. The van der Waals surface area contributed by atoms with Crippen LogP contribution in [0.5, 0.6) is 0 Å². The quantitative estimate of drug-likeness (QED) is 0.572. The van der Waals surface area contributed by atoms with Crippen molar-refractivity contribution in [2.45, 2.75) is 77.2 Å². The number of nitrogens with one attached hydrogen (secondary N) is 1. The second-order valence-corrected chi connectivity index (χ2v) is 6.60. The van der Waals surface area contributed by atoms with Gasteiger partial charge in [0.15, 0.2) is 0 Å². The molecule has 4 heteroatoms. The number of carbonyl (C=O) groups is 1. The topological polar surface area (TPSA) is 58.6 Å². The molecule has 1 aliphatic carbocycles. The Morgan fingerprint density at radius 2 is 2.00 bits per heavy atom. The third kappa shape index (κ3) is 7.28. The molecule has 0 spiro atoms. The van der Waals surface area contributed by atoms with E-state index in [0.717, 1.165) is 44.9 Å². The number of carboxylic acids is 1. The third-order valence-corrected chi connectivity index (χ3v) is 4.53. The first kappa shape index (κ1) is 18.4. The molecular formula is C17H33NO3. The van der Waals surface area contributed by atoms with Gasteiger partial charge in [-0.1, -0.05) is 26.2 Å². The van der Waals surface area contributed by atoms with Crippen molar-refractivity contribution < 1.29 is 14.6 Å². The summed E-state index contributed by atoms with van der Waals surface area (Å²) < 4.78 is 5.76. The van der Waals surface area contributed by atoms with Gasteiger partial charge in [-0.2, -0.15) is 0 Å². The van der Waals surface area contributed by atoms with Gasteiger partial charge in [-0.25, -0.2) is 0 Å². The van der Waals surface area contributed by atoms with Gasteiger partial charge in [0, 0.05) is 13.2 Å². The van der Waals surface area contributed by atoms with Crippen molar-refractivity contribution in [1.29, 1.82) is 0 Å². The van der Waals surface area contributed by atoms with E-state index in [1.165, 1.54) is 32.1 Å². The molecule has 0 bridgehead atoms. The highest BCUT2D eigenvalue weighted by Gasteiger charge is 2.31. The standard InChI is InChI=1S/C17H33NO3/c1-3-12-18-17(2,16(19)20)11-7-8-13-21-14-15-9-5-4-6-10-15/h15,18H,3-14H2,1-2H3,(H,19,20). The van der Waals surface area contributed by atoms with Gasteiger partial charge in [0.05, 0.1) is 0 Å². The van der Waals surface area contributed by atoms with Crippen molar-refractivity contribution in [1.82, 2.24) is 5.32 Å². The Hall–Kier alpha value is -0.610. The Kier molecular flexibility index (Phi) is 8.93. The van der Waals surface area contributed by atoms with Gasteiger partial charge in [-0.05, 0) is 57.9 Å². The minimum Gasteiger partial charge on any atom is -0.480 e. The maximum atomic E-state index is 11.4. The monoisotopic (exact) mass is 299 g/mol. The fourth-order valence-corrected chi connectivity index (χ4v) is 2.96. The van der Waals surface area contributed by atoms with E-state index >= 15 is 0 Å². The van der Waals surface area contributed by atoms with E-state index in [1.807, 2.05) is 6.92 Å². The first-order chi connectivity index (χ1) is 10.1. The summed E-state index contributed by atoms with van der Waals surface area (Å²) in [6, 6.07) is 0. The second-order valence-electron chi connectivity index (χ2n) is 6.60. The largest absolute Gasteiger partial charge is 0.480 e. The summed E-state index contributed by atoms with van der Waals surface area (Å²) in [5.74, 6) is 0.00771. The second kappa shape index (κ2) is 10.2. The van der Waals surface area contributed by atoms with Crippen molar-refractivity contribution in [2.24, 2.45) is 5.92 Å². The van der Waals surface area contributed by atoms with Gasteiger partial charge in [-0.15, -0.1) is 0 Å². The first-order valence-corrected chi connectivity index (χ1v) is 8.64. The molecule has 0 aromatic heterocycles. The van der Waals surface area contributed by atoms with Crippen LogP contribution >= 0.6 is 0 Å². The zero-order chi connectivity index (χ0) is 15.6. The van der Waals surface area contributed by atoms with Crippen LogP contribution in [0.2, 0.25) is 0 Å². The molecule has 1 rings (SSSR count). The van der Waals surface area contributed by atoms with Crippen molar-refractivity contribution in [2.75, 3.05) is 19.8 Å². The highest BCUT2D eigenvalue weighted by molar-refractivity contribution is 5.78. The van der Waals surface area contributed by atoms with E-state index in [2.05, 4.69) is 5.32 Å². The molecule has 1 saturated carbocycles.